The molecular formula is C18H30N4O5S. The van der Waals surface area contributed by atoms with Crippen LogP contribution in [-0.4, -0.2) is 72.5 Å². The number of rotatable bonds is 6. The normalized spacial score (nSPS) is 24.1. The molecule has 0 radical (unpaired) electrons. The van der Waals surface area contributed by atoms with E-state index in [2.05, 4.69) is 10.0 Å². The van der Waals surface area contributed by atoms with Crippen LogP contribution in [0.3, 0.4) is 0 Å². The third-order valence-electron chi connectivity index (χ3n) is 6.02. The zero-order chi connectivity index (χ0) is 20.5. The van der Waals surface area contributed by atoms with Crippen LogP contribution in [0.1, 0.15) is 58.8 Å². The second kappa shape index (κ2) is 7.98. The van der Waals surface area contributed by atoms with E-state index in [1.165, 1.54) is 0 Å². The summed E-state index contributed by atoms with van der Waals surface area (Å²) in [5.41, 5.74) is -0.823. The van der Waals surface area contributed by atoms with Crippen molar-refractivity contribution in [2.24, 2.45) is 0 Å². The van der Waals surface area contributed by atoms with E-state index >= 15 is 0 Å². The van der Waals surface area contributed by atoms with Gasteiger partial charge in [0.05, 0.1) is 5.75 Å². The van der Waals surface area contributed by atoms with Gasteiger partial charge < -0.3 is 10.2 Å². The van der Waals surface area contributed by atoms with Gasteiger partial charge in [0, 0.05) is 19.1 Å². The van der Waals surface area contributed by atoms with Crippen molar-refractivity contribution in [3.05, 3.63) is 0 Å². The summed E-state index contributed by atoms with van der Waals surface area (Å²) in [6.07, 6.45) is 4.62. The van der Waals surface area contributed by atoms with Crippen LogP contribution in [0.5, 0.6) is 0 Å². The Morgan fingerprint density at radius 1 is 1.25 bits per heavy atom. The first-order valence-corrected chi connectivity index (χ1v) is 11.8. The van der Waals surface area contributed by atoms with Crippen molar-refractivity contribution in [3.63, 3.8) is 0 Å². The highest BCUT2D eigenvalue weighted by molar-refractivity contribution is 7.89. The lowest BCUT2D eigenvalue weighted by atomic mass is 9.97. The maximum absolute atomic E-state index is 12.9. The summed E-state index contributed by atoms with van der Waals surface area (Å²) in [6.45, 7) is 4.20. The number of piperidine rings is 1. The Kier molecular flexibility index (Phi) is 6.00. The van der Waals surface area contributed by atoms with Crippen LogP contribution in [0.15, 0.2) is 0 Å². The second-order valence-corrected chi connectivity index (χ2v) is 9.98. The molecule has 3 aliphatic rings. The average Bonchev–Trinajstić information content (AvgIpc) is 3.19. The Morgan fingerprint density at radius 3 is 2.43 bits per heavy atom. The lowest BCUT2D eigenvalue weighted by Gasteiger charge is -2.35. The van der Waals surface area contributed by atoms with Crippen molar-refractivity contribution >= 4 is 27.9 Å². The number of hydrogen-bond donors (Lipinski definition) is 2. The molecule has 2 aliphatic heterocycles. The minimum atomic E-state index is -3.29. The number of urea groups is 1. The molecule has 0 bridgehead atoms. The third kappa shape index (κ3) is 4.03. The van der Waals surface area contributed by atoms with E-state index in [-0.39, 0.29) is 23.6 Å². The Hall–Kier alpha value is -1.68. The fourth-order valence-electron chi connectivity index (χ4n) is 4.48. The van der Waals surface area contributed by atoms with Gasteiger partial charge in [0.1, 0.15) is 11.6 Å². The van der Waals surface area contributed by atoms with Crippen molar-refractivity contribution in [2.75, 3.05) is 18.8 Å². The lowest BCUT2D eigenvalue weighted by molar-refractivity contribution is -0.143. The summed E-state index contributed by atoms with van der Waals surface area (Å²) in [5, 5.41) is 2.80. The molecule has 2 N–H and O–H groups in total. The number of amides is 4. The van der Waals surface area contributed by atoms with Crippen molar-refractivity contribution in [1.29, 1.82) is 0 Å². The average molecular weight is 415 g/mol. The van der Waals surface area contributed by atoms with Crippen LogP contribution < -0.4 is 10.0 Å². The molecule has 0 aromatic heterocycles. The van der Waals surface area contributed by atoms with Crippen molar-refractivity contribution in [1.82, 2.24) is 19.8 Å². The highest BCUT2D eigenvalue weighted by Crippen LogP contribution is 2.36. The summed E-state index contributed by atoms with van der Waals surface area (Å²) in [6, 6.07) is -1.54. The minimum Gasteiger partial charge on any atom is -0.341 e. The number of nitrogens with one attached hydrogen (secondary N) is 2. The van der Waals surface area contributed by atoms with Crippen LogP contribution in [-0.2, 0) is 19.6 Å². The molecule has 158 valence electrons. The van der Waals surface area contributed by atoms with Crippen molar-refractivity contribution in [2.45, 2.75) is 76.4 Å². The molecule has 1 spiro atoms. The fourth-order valence-corrected chi connectivity index (χ4v) is 5.88. The predicted molar refractivity (Wildman–Crippen MR) is 103 cm³/mol. The number of carbonyl (C=O) groups excluding carboxylic acids is 3. The number of imide groups is 1. The van der Waals surface area contributed by atoms with Gasteiger partial charge in [-0.3, -0.25) is 9.59 Å². The zero-order valence-corrected chi connectivity index (χ0v) is 17.4. The molecule has 2 saturated heterocycles. The Morgan fingerprint density at radius 2 is 1.86 bits per heavy atom. The van der Waals surface area contributed by atoms with E-state index in [1.54, 1.807) is 11.8 Å². The van der Waals surface area contributed by atoms with Crippen LogP contribution >= 0.6 is 0 Å². The Balaban J connectivity index is 1.58. The molecular weight excluding hydrogens is 384 g/mol. The lowest BCUT2D eigenvalue weighted by Crippen LogP contribution is -2.54. The Bertz CT molecular complexity index is 739. The third-order valence-corrected chi connectivity index (χ3v) is 7.66. The maximum Gasteiger partial charge on any atom is 0.325 e. The van der Waals surface area contributed by atoms with Gasteiger partial charge in [-0.15, -0.1) is 0 Å². The number of carbonyl (C=O) groups is 3. The van der Waals surface area contributed by atoms with Crippen molar-refractivity contribution < 1.29 is 22.8 Å². The van der Waals surface area contributed by atoms with Crippen molar-refractivity contribution in [3.8, 4) is 0 Å². The van der Waals surface area contributed by atoms with Gasteiger partial charge in [-0.25, -0.2) is 22.8 Å². The number of nitrogens with zero attached hydrogens (tertiary/aromatic N) is 2. The fraction of sp³-hybridized carbons (Fsp3) is 0.833. The minimum absolute atomic E-state index is 0.0944. The summed E-state index contributed by atoms with van der Waals surface area (Å²) in [7, 11) is -3.29. The topological polar surface area (TPSA) is 116 Å². The van der Waals surface area contributed by atoms with E-state index in [0.717, 1.165) is 17.7 Å². The molecule has 9 nitrogen and oxygen atoms in total. The van der Waals surface area contributed by atoms with Crippen LogP contribution in [0.4, 0.5) is 4.79 Å². The summed E-state index contributed by atoms with van der Waals surface area (Å²) >= 11 is 0. The van der Waals surface area contributed by atoms with Crippen LogP contribution in [0, 0.1) is 0 Å². The van der Waals surface area contributed by atoms with Gasteiger partial charge in [-0.1, -0.05) is 19.8 Å². The van der Waals surface area contributed by atoms with Gasteiger partial charge in [0.25, 0.3) is 5.91 Å². The van der Waals surface area contributed by atoms with E-state index in [4.69, 9.17) is 0 Å². The molecule has 1 saturated carbocycles. The van der Waals surface area contributed by atoms with E-state index in [9.17, 15) is 22.8 Å². The SMILES string of the molecule is CCCS(=O)(=O)NC1CCN(C(=O)C(C)N2C(=O)NC3(CCCC3)C2=O)CC1. The first kappa shape index (κ1) is 21.0. The summed E-state index contributed by atoms with van der Waals surface area (Å²) < 4.78 is 26.5. The molecule has 10 heteroatoms. The number of sulfonamides is 1. The molecule has 3 rings (SSSR count). The van der Waals surface area contributed by atoms with Gasteiger partial charge in [-0.2, -0.15) is 0 Å². The van der Waals surface area contributed by atoms with E-state index < -0.39 is 27.6 Å². The summed E-state index contributed by atoms with van der Waals surface area (Å²) in [5.74, 6) is -0.469. The largest absolute Gasteiger partial charge is 0.341 e. The maximum atomic E-state index is 12.9. The highest BCUT2D eigenvalue weighted by Gasteiger charge is 2.54. The van der Waals surface area contributed by atoms with E-state index in [0.29, 0.717) is 45.2 Å². The monoisotopic (exact) mass is 414 g/mol. The van der Waals surface area contributed by atoms with Gasteiger partial charge in [-0.05, 0) is 39.0 Å². The quantitative estimate of drug-likeness (QED) is 0.616. The first-order valence-electron chi connectivity index (χ1n) is 10.1. The van der Waals surface area contributed by atoms with Gasteiger partial charge in [0.15, 0.2) is 0 Å². The smallest absolute Gasteiger partial charge is 0.325 e. The zero-order valence-electron chi connectivity index (χ0n) is 16.6. The first-order chi connectivity index (χ1) is 13.2. The predicted octanol–water partition coefficient (Wildman–Crippen LogP) is 0.560. The summed E-state index contributed by atoms with van der Waals surface area (Å²) in [4.78, 5) is 40.8. The molecule has 1 atom stereocenters. The molecule has 1 unspecified atom stereocenters. The van der Waals surface area contributed by atoms with Crippen LogP contribution in [0.25, 0.3) is 0 Å². The second-order valence-electron chi connectivity index (χ2n) is 8.11. The van der Waals surface area contributed by atoms with Gasteiger partial charge in [0.2, 0.25) is 15.9 Å². The van der Waals surface area contributed by atoms with E-state index in [1.807, 2.05) is 6.92 Å². The number of likely N-dealkylation sites (tertiary alicyclic amines) is 1. The molecule has 3 fully saturated rings. The standard InChI is InChI=1S/C18H30N4O5S/c1-3-12-28(26,27)20-14-6-10-21(11-7-14)15(23)13(2)22-16(24)18(19-17(22)25)8-4-5-9-18/h13-14,20H,3-12H2,1-2H3,(H,19,25). The Labute approximate surface area is 166 Å². The van der Waals surface area contributed by atoms with Gasteiger partial charge >= 0.3 is 6.03 Å². The van der Waals surface area contributed by atoms with Crippen LogP contribution in [0.2, 0.25) is 0 Å². The molecule has 28 heavy (non-hydrogen) atoms. The molecule has 0 aromatic carbocycles. The molecule has 4 amide bonds. The molecule has 2 heterocycles. The highest BCUT2D eigenvalue weighted by atomic mass is 32.2. The molecule has 1 aliphatic carbocycles. The number of hydrogen-bond acceptors (Lipinski definition) is 5. The molecule has 0 aromatic rings.